The first kappa shape index (κ1) is 18.5. The quantitative estimate of drug-likeness (QED) is 0.438. The van der Waals surface area contributed by atoms with E-state index in [0.717, 1.165) is 46.3 Å². The smallest absolute Gasteiger partial charge is 0.0148 e. The number of alkyl halides is 1. The van der Waals surface area contributed by atoms with Crippen LogP contribution in [0.3, 0.4) is 0 Å². The van der Waals surface area contributed by atoms with E-state index in [9.17, 15) is 0 Å². The molecule has 8 unspecified atom stereocenters. The van der Waals surface area contributed by atoms with Crippen molar-refractivity contribution in [3.63, 3.8) is 0 Å². The van der Waals surface area contributed by atoms with E-state index in [0.29, 0.717) is 0 Å². The minimum absolute atomic E-state index is 0.793. The number of halogens is 1. The number of hydrogen-bond donors (Lipinski definition) is 0. The van der Waals surface area contributed by atoms with E-state index >= 15 is 0 Å². The van der Waals surface area contributed by atoms with E-state index in [1.165, 1.54) is 56.9 Å². The first-order valence-electron chi connectivity index (χ1n) is 11.5. The molecule has 0 spiro atoms. The first-order chi connectivity index (χ1) is 13.1. The molecule has 3 saturated carbocycles. The summed E-state index contributed by atoms with van der Waals surface area (Å²) in [5.41, 5.74) is 4.71. The van der Waals surface area contributed by atoms with Gasteiger partial charge in [-0.15, -0.1) is 0 Å². The lowest BCUT2D eigenvalue weighted by atomic mass is 9.58. The Hall–Kier alpha value is -0.560. The fraction of sp³-hybridized carbons (Fsp3) is 0.692. The standard InChI is InChI=1S/C26H35Br/c1-16-11-25-17(2)24-10-8-22(27)14-21(24)15-26(25)23(16)9-7-18-12-19-5-3-4-6-20(19)13-18/h3-6,12,16-17,21-26H,7-11,13-15H2,1-2H3. The molecular weight excluding hydrogens is 392 g/mol. The minimum Gasteiger partial charge on any atom is -0.0891 e. The molecule has 146 valence electrons. The van der Waals surface area contributed by atoms with Crippen LogP contribution in [-0.2, 0) is 6.42 Å². The second kappa shape index (κ2) is 7.36. The normalized spacial score (nSPS) is 43.0. The van der Waals surface area contributed by atoms with Crippen LogP contribution >= 0.6 is 15.9 Å². The molecule has 4 aliphatic carbocycles. The van der Waals surface area contributed by atoms with E-state index in [-0.39, 0.29) is 0 Å². The topological polar surface area (TPSA) is 0 Å². The number of hydrogen-bond acceptors (Lipinski definition) is 0. The van der Waals surface area contributed by atoms with Gasteiger partial charge in [0.1, 0.15) is 0 Å². The van der Waals surface area contributed by atoms with Gasteiger partial charge < -0.3 is 0 Å². The summed E-state index contributed by atoms with van der Waals surface area (Å²) in [6.45, 7) is 5.19. The lowest BCUT2D eigenvalue weighted by molar-refractivity contribution is 0.0227. The maximum atomic E-state index is 3.95. The van der Waals surface area contributed by atoms with Crippen LogP contribution in [0.2, 0.25) is 0 Å². The number of allylic oxidation sites excluding steroid dienone is 1. The van der Waals surface area contributed by atoms with E-state index in [4.69, 9.17) is 0 Å². The van der Waals surface area contributed by atoms with Crippen molar-refractivity contribution in [1.82, 2.24) is 0 Å². The van der Waals surface area contributed by atoms with Gasteiger partial charge in [-0.2, -0.15) is 0 Å². The van der Waals surface area contributed by atoms with E-state index in [1.807, 2.05) is 0 Å². The molecule has 0 aromatic heterocycles. The molecule has 0 radical (unpaired) electrons. The Balaban J connectivity index is 1.27. The Morgan fingerprint density at radius 2 is 1.81 bits per heavy atom. The van der Waals surface area contributed by atoms with Gasteiger partial charge in [-0.25, -0.2) is 0 Å². The average molecular weight is 427 g/mol. The SMILES string of the molecule is CC1CC2C(C)C3CCC(Br)CC3CC2C1CCC1=Cc2ccccc2C1. The van der Waals surface area contributed by atoms with Crippen LogP contribution in [-0.4, -0.2) is 4.83 Å². The minimum atomic E-state index is 0.793. The van der Waals surface area contributed by atoms with Crippen LogP contribution in [0.15, 0.2) is 29.8 Å². The zero-order valence-electron chi connectivity index (χ0n) is 17.0. The summed E-state index contributed by atoms with van der Waals surface area (Å²) in [7, 11) is 0. The van der Waals surface area contributed by atoms with Gasteiger partial charge in [-0.05, 0) is 104 Å². The fourth-order valence-corrected chi connectivity index (χ4v) is 8.44. The van der Waals surface area contributed by atoms with Crippen molar-refractivity contribution in [2.24, 2.45) is 41.4 Å². The molecule has 1 aromatic carbocycles. The molecular formula is C26H35Br. The molecule has 27 heavy (non-hydrogen) atoms. The predicted molar refractivity (Wildman–Crippen MR) is 119 cm³/mol. The Labute approximate surface area is 174 Å². The molecule has 0 amide bonds. The molecule has 8 atom stereocenters. The molecule has 1 aromatic rings. The van der Waals surface area contributed by atoms with Gasteiger partial charge in [-0.1, -0.05) is 65.7 Å². The summed E-state index contributed by atoms with van der Waals surface area (Å²) in [6, 6.07) is 8.98. The Kier molecular flexibility index (Phi) is 5.03. The van der Waals surface area contributed by atoms with E-state index in [2.05, 4.69) is 60.1 Å². The number of benzene rings is 1. The average Bonchev–Trinajstić information content (AvgIpc) is 3.20. The monoisotopic (exact) mass is 426 g/mol. The van der Waals surface area contributed by atoms with Crippen molar-refractivity contribution >= 4 is 22.0 Å². The van der Waals surface area contributed by atoms with Crippen LogP contribution in [0.4, 0.5) is 0 Å². The summed E-state index contributed by atoms with van der Waals surface area (Å²) in [6.07, 6.45) is 13.8. The third-order valence-electron chi connectivity index (χ3n) is 9.01. The van der Waals surface area contributed by atoms with Crippen LogP contribution in [0.1, 0.15) is 69.9 Å². The Morgan fingerprint density at radius 1 is 0.963 bits per heavy atom. The number of rotatable bonds is 3. The summed E-state index contributed by atoms with van der Waals surface area (Å²) in [5, 5.41) is 0. The summed E-state index contributed by atoms with van der Waals surface area (Å²) in [4.78, 5) is 0.793. The molecule has 5 rings (SSSR count). The van der Waals surface area contributed by atoms with E-state index in [1.54, 1.807) is 11.1 Å². The molecule has 4 aliphatic rings. The molecule has 3 fully saturated rings. The molecule has 0 N–H and O–H groups in total. The highest BCUT2D eigenvalue weighted by Crippen LogP contribution is 2.59. The van der Waals surface area contributed by atoms with Gasteiger partial charge in [0.2, 0.25) is 0 Å². The van der Waals surface area contributed by atoms with Crippen molar-refractivity contribution in [2.75, 3.05) is 0 Å². The van der Waals surface area contributed by atoms with Crippen LogP contribution in [0.5, 0.6) is 0 Å². The van der Waals surface area contributed by atoms with Crippen molar-refractivity contribution in [2.45, 2.75) is 70.0 Å². The maximum Gasteiger partial charge on any atom is 0.0148 e. The van der Waals surface area contributed by atoms with Gasteiger partial charge in [0.25, 0.3) is 0 Å². The molecule has 0 bridgehead atoms. The van der Waals surface area contributed by atoms with Crippen LogP contribution in [0.25, 0.3) is 6.08 Å². The van der Waals surface area contributed by atoms with Gasteiger partial charge in [0.05, 0.1) is 0 Å². The van der Waals surface area contributed by atoms with E-state index < -0.39 is 0 Å². The lowest BCUT2D eigenvalue weighted by Gasteiger charge is -2.48. The van der Waals surface area contributed by atoms with Gasteiger partial charge >= 0.3 is 0 Å². The summed E-state index contributed by atoms with van der Waals surface area (Å²) in [5.74, 6) is 6.94. The summed E-state index contributed by atoms with van der Waals surface area (Å²) >= 11 is 3.95. The molecule has 0 heterocycles. The van der Waals surface area contributed by atoms with Crippen LogP contribution in [0, 0.1) is 41.4 Å². The molecule has 0 saturated heterocycles. The highest BCUT2D eigenvalue weighted by atomic mass is 79.9. The van der Waals surface area contributed by atoms with Crippen molar-refractivity contribution in [3.05, 3.63) is 41.0 Å². The Morgan fingerprint density at radius 3 is 2.67 bits per heavy atom. The first-order valence-corrected chi connectivity index (χ1v) is 12.4. The predicted octanol–water partition coefficient (Wildman–Crippen LogP) is 7.51. The second-order valence-electron chi connectivity index (χ2n) is 10.4. The molecule has 0 nitrogen and oxygen atoms in total. The largest absolute Gasteiger partial charge is 0.0891 e. The van der Waals surface area contributed by atoms with Gasteiger partial charge in [-0.3, -0.25) is 0 Å². The highest BCUT2D eigenvalue weighted by molar-refractivity contribution is 9.09. The van der Waals surface area contributed by atoms with Gasteiger partial charge in [0, 0.05) is 4.83 Å². The zero-order valence-corrected chi connectivity index (χ0v) is 18.6. The zero-order chi connectivity index (χ0) is 18.5. The number of fused-ring (bicyclic) bond motifs is 3. The third-order valence-corrected chi connectivity index (χ3v) is 9.84. The van der Waals surface area contributed by atoms with Gasteiger partial charge in [0.15, 0.2) is 0 Å². The maximum absolute atomic E-state index is 3.95. The summed E-state index contributed by atoms with van der Waals surface area (Å²) < 4.78 is 0. The lowest BCUT2D eigenvalue weighted by Crippen LogP contribution is -2.41. The molecule has 1 heteroatoms. The van der Waals surface area contributed by atoms with Crippen molar-refractivity contribution in [3.8, 4) is 0 Å². The third kappa shape index (κ3) is 3.37. The van der Waals surface area contributed by atoms with Crippen molar-refractivity contribution in [1.29, 1.82) is 0 Å². The van der Waals surface area contributed by atoms with Crippen LogP contribution < -0.4 is 0 Å². The molecule has 0 aliphatic heterocycles. The highest BCUT2D eigenvalue weighted by Gasteiger charge is 2.51. The fourth-order valence-electron chi connectivity index (χ4n) is 7.70. The van der Waals surface area contributed by atoms with Crippen molar-refractivity contribution < 1.29 is 0 Å². The second-order valence-corrected chi connectivity index (χ2v) is 11.6. The Bertz CT molecular complexity index is 717.